The molecule has 1 amide bonds. The van der Waals surface area contributed by atoms with E-state index < -0.39 is 6.04 Å². The molecule has 0 spiro atoms. The molecule has 0 aromatic heterocycles. The van der Waals surface area contributed by atoms with Gasteiger partial charge >= 0.3 is 0 Å². The molecule has 1 aliphatic heterocycles. The molecule has 19 heavy (non-hydrogen) atoms. The number of hydrogen-bond acceptors (Lipinski definition) is 4. The van der Waals surface area contributed by atoms with Crippen LogP contribution in [0.15, 0.2) is 22.7 Å². The number of benzene rings is 1. The van der Waals surface area contributed by atoms with Crippen LogP contribution in [0.5, 0.6) is 0 Å². The Hall–Kier alpha value is -1.11. The number of carbonyl (C=O) groups is 1. The van der Waals surface area contributed by atoms with E-state index in [1.54, 1.807) is 0 Å². The lowest BCUT2D eigenvalue weighted by Gasteiger charge is -2.35. The molecule has 5 nitrogen and oxygen atoms in total. The highest BCUT2D eigenvalue weighted by Crippen LogP contribution is 2.26. The Kier molecular flexibility index (Phi) is 4.79. The maximum Gasteiger partial charge on any atom is 0.242 e. The number of nitrogens with zero attached hydrogens (tertiary/aromatic N) is 1. The molecule has 1 saturated heterocycles. The molecule has 104 valence electrons. The maximum atomic E-state index is 11.5. The van der Waals surface area contributed by atoms with Crippen LogP contribution < -0.4 is 16.0 Å². The largest absolute Gasteiger partial charge is 0.377 e. The Balaban J connectivity index is 2.24. The molecule has 1 fully saturated rings. The summed E-state index contributed by atoms with van der Waals surface area (Å²) in [7, 11) is 1.91. The van der Waals surface area contributed by atoms with Crippen LogP contribution >= 0.6 is 15.9 Å². The van der Waals surface area contributed by atoms with Crippen LogP contribution in [-0.2, 0) is 16.1 Å². The summed E-state index contributed by atoms with van der Waals surface area (Å²) in [5.74, 6) is -0.352. The van der Waals surface area contributed by atoms with Crippen molar-refractivity contribution in [1.82, 2.24) is 5.32 Å². The van der Waals surface area contributed by atoms with Crippen molar-refractivity contribution in [2.45, 2.75) is 12.6 Å². The standard InChI is InChI=1S/C13H18BrN3O2/c1-16-7-9-2-3-10(6-11(9)14)17-4-5-19-8-12(17)13(15)18/h2-3,6,12,16H,4-5,7-8H2,1H3,(H2,15,18). The second-order valence-corrected chi connectivity index (χ2v) is 5.35. The van der Waals surface area contributed by atoms with Crippen molar-refractivity contribution in [3.63, 3.8) is 0 Å². The molecule has 1 heterocycles. The molecule has 3 N–H and O–H groups in total. The van der Waals surface area contributed by atoms with E-state index in [2.05, 4.69) is 21.2 Å². The van der Waals surface area contributed by atoms with E-state index in [0.717, 1.165) is 16.7 Å². The fourth-order valence-corrected chi connectivity index (χ4v) is 2.70. The highest BCUT2D eigenvalue weighted by Gasteiger charge is 2.28. The van der Waals surface area contributed by atoms with Crippen LogP contribution in [0.4, 0.5) is 5.69 Å². The van der Waals surface area contributed by atoms with Crippen molar-refractivity contribution in [3.8, 4) is 0 Å². The fraction of sp³-hybridized carbons (Fsp3) is 0.462. The third kappa shape index (κ3) is 3.26. The summed E-state index contributed by atoms with van der Waals surface area (Å²) >= 11 is 3.56. The van der Waals surface area contributed by atoms with Crippen molar-refractivity contribution in [2.24, 2.45) is 5.73 Å². The van der Waals surface area contributed by atoms with Crippen LogP contribution in [-0.4, -0.2) is 38.8 Å². The number of nitrogens with one attached hydrogen (secondary N) is 1. The molecule has 0 radical (unpaired) electrons. The Morgan fingerprint density at radius 1 is 1.63 bits per heavy atom. The first kappa shape index (κ1) is 14.3. The molecule has 2 rings (SSSR count). The molecule has 1 aromatic carbocycles. The fourth-order valence-electron chi connectivity index (χ4n) is 2.20. The summed E-state index contributed by atoms with van der Waals surface area (Å²) in [5.41, 5.74) is 7.59. The number of primary amides is 1. The van der Waals surface area contributed by atoms with Gasteiger partial charge in [0.1, 0.15) is 6.04 Å². The van der Waals surface area contributed by atoms with E-state index in [9.17, 15) is 4.79 Å². The van der Waals surface area contributed by atoms with Crippen molar-refractivity contribution in [1.29, 1.82) is 0 Å². The van der Waals surface area contributed by atoms with E-state index in [1.807, 2.05) is 30.1 Å². The quantitative estimate of drug-likeness (QED) is 0.860. The Labute approximate surface area is 121 Å². The van der Waals surface area contributed by atoms with Gasteiger partial charge in [-0.15, -0.1) is 0 Å². The average Bonchev–Trinajstić information content (AvgIpc) is 2.41. The van der Waals surface area contributed by atoms with Gasteiger partial charge in [0.15, 0.2) is 0 Å². The average molecular weight is 328 g/mol. The van der Waals surface area contributed by atoms with Gasteiger partial charge in [-0.3, -0.25) is 4.79 Å². The minimum atomic E-state index is -0.393. The van der Waals surface area contributed by atoms with Gasteiger partial charge < -0.3 is 20.7 Å². The lowest BCUT2D eigenvalue weighted by atomic mass is 10.1. The third-order valence-electron chi connectivity index (χ3n) is 3.19. The molecule has 1 aliphatic rings. The van der Waals surface area contributed by atoms with Crippen LogP contribution in [0, 0.1) is 0 Å². The van der Waals surface area contributed by atoms with E-state index in [1.165, 1.54) is 5.56 Å². The number of nitrogens with two attached hydrogens (primary N) is 1. The Morgan fingerprint density at radius 3 is 3.05 bits per heavy atom. The van der Waals surface area contributed by atoms with Gasteiger partial charge in [-0.05, 0) is 24.7 Å². The first-order chi connectivity index (χ1) is 9.13. The van der Waals surface area contributed by atoms with Crippen LogP contribution in [0.3, 0.4) is 0 Å². The smallest absolute Gasteiger partial charge is 0.242 e. The zero-order valence-corrected chi connectivity index (χ0v) is 12.4. The molecular weight excluding hydrogens is 310 g/mol. The predicted octanol–water partition coefficient (Wildman–Crippen LogP) is 0.859. The van der Waals surface area contributed by atoms with Crippen molar-refractivity contribution in [3.05, 3.63) is 28.2 Å². The van der Waals surface area contributed by atoms with Gasteiger partial charge in [0.25, 0.3) is 0 Å². The van der Waals surface area contributed by atoms with Crippen molar-refractivity contribution < 1.29 is 9.53 Å². The summed E-state index contributed by atoms with van der Waals surface area (Å²) in [5, 5.41) is 3.11. The van der Waals surface area contributed by atoms with Gasteiger partial charge in [-0.25, -0.2) is 0 Å². The normalized spacial score (nSPS) is 19.5. The highest BCUT2D eigenvalue weighted by molar-refractivity contribution is 9.10. The first-order valence-corrected chi connectivity index (χ1v) is 6.99. The number of amides is 1. The predicted molar refractivity (Wildman–Crippen MR) is 78.1 cm³/mol. The molecule has 1 unspecified atom stereocenters. The highest BCUT2D eigenvalue weighted by atomic mass is 79.9. The van der Waals surface area contributed by atoms with E-state index in [0.29, 0.717) is 19.8 Å². The number of morpholine rings is 1. The van der Waals surface area contributed by atoms with Gasteiger partial charge in [0.05, 0.1) is 13.2 Å². The Bertz CT molecular complexity index is 467. The van der Waals surface area contributed by atoms with Gasteiger partial charge in [0.2, 0.25) is 5.91 Å². The summed E-state index contributed by atoms with van der Waals surface area (Å²) in [6, 6.07) is 5.69. The summed E-state index contributed by atoms with van der Waals surface area (Å²) in [4.78, 5) is 13.5. The minimum Gasteiger partial charge on any atom is -0.377 e. The second kappa shape index (κ2) is 6.36. The van der Waals surface area contributed by atoms with E-state index in [-0.39, 0.29) is 5.91 Å². The Morgan fingerprint density at radius 2 is 2.42 bits per heavy atom. The number of rotatable bonds is 4. The lowest BCUT2D eigenvalue weighted by molar-refractivity contribution is -0.121. The van der Waals surface area contributed by atoms with Crippen molar-refractivity contribution in [2.75, 3.05) is 31.7 Å². The summed E-state index contributed by atoms with van der Waals surface area (Å²) in [6.45, 7) is 2.43. The first-order valence-electron chi connectivity index (χ1n) is 6.20. The third-order valence-corrected chi connectivity index (χ3v) is 3.93. The molecule has 1 aromatic rings. The number of hydrogen-bond donors (Lipinski definition) is 2. The van der Waals surface area contributed by atoms with Crippen LogP contribution in [0.25, 0.3) is 0 Å². The van der Waals surface area contributed by atoms with E-state index in [4.69, 9.17) is 10.5 Å². The number of anilines is 1. The SMILES string of the molecule is CNCc1ccc(N2CCOCC2C(N)=O)cc1Br. The molecule has 0 saturated carbocycles. The topological polar surface area (TPSA) is 67.6 Å². The molecule has 6 heteroatoms. The van der Waals surface area contributed by atoms with Crippen LogP contribution in [0.1, 0.15) is 5.56 Å². The van der Waals surface area contributed by atoms with Gasteiger partial charge in [-0.2, -0.15) is 0 Å². The lowest BCUT2D eigenvalue weighted by Crippen LogP contribution is -2.52. The van der Waals surface area contributed by atoms with Crippen LogP contribution in [0.2, 0.25) is 0 Å². The second-order valence-electron chi connectivity index (χ2n) is 4.49. The zero-order valence-electron chi connectivity index (χ0n) is 10.9. The van der Waals surface area contributed by atoms with Gasteiger partial charge in [-0.1, -0.05) is 22.0 Å². The molecule has 1 atom stereocenters. The number of ether oxygens (including phenoxy) is 1. The van der Waals surface area contributed by atoms with Crippen molar-refractivity contribution >= 4 is 27.5 Å². The number of carbonyl (C=O) groups excluding carboxylic acids is 1. The molecule has 0 aliphatic carbocycles. The minimum absolute atomic E-state index is 0.352. The summed E-state index contributed by atoms with van der Waals surface area (Å²) < 4.78 is 6.35. The summed E-state index contributed by atoms with van der Waals surface area (Å²) in [6.07, 6.45) is 0. The van der Waals surface area contributed by atoms with E-state index >= 15 is 0 Å². The number of halogens is 1. The molecule has 0 bridgehead atoms. The molecular formula is C13H18BrN3O2. The maximum absolute atomic E-state index is 11.5. The van der Waals surface area contributed by atoms with Gasteiger partial charge in [0, 0.05) is 23.2 Å². The zero-order chi connectivity index (χ0) is 13.8. The monoisotopic (exact) mass is 327 g/mol.